The molecule has 0 bridgehead atoms. The van der Waals surface area contributed by atoms with Crippen LogP contribution in [0.3, 0.4) is 0 Å². The van der Waals surface area contributed by atoms with Crippen LogP contribution in [0.1, 0.15) is 21.6 Å². The van der Waals surface area contributed by atoms with E-state index in [0.717, 1.165) is 5.69 Å². The number of hydrogen-bond acceptors (Lipinski definition) is 4. The number of pyridine rings is 1. The molecule has 5 heteroatoms. The van der Waals surface area contributed by atoms with Crippen LogP contribution in [-0.2, 0) is 6.42 Å². The normalized spacial score (nSPS) is 9.29. The van der Waals surface area contributed by atoms with Crippen molar-refractivity contribution in [3.8, 4) is 0 Å². The Balaban J connectivity index is 0.00000169. The van der Waals surface area contributed by atoms with Gasteiger partial charge in [-0.15, -0.1) is 0 Å². The van der Waals surface area contributed by atoms with Gasteiger partial charge in [-0.1, -0.05) is 0 Å². The molecule has 0 saturated heterocycles. The summed E-state index contributed by atoms with van der Waals surface area (Å²) in [6.45, 7) is 1.68. The van der Waals surface area contributed by atoms with Gasteiger partial charge in [-0.2, -0.15) is 0 Å². The van der Waals surface area contributed by atoms with Crippen LogP contribution in [0.25, 0.3) is 0 Å². The monoisotopic (exact) mass is 203 g/mol. The molecule has 14 heavy (non-hydrogen) atoms. The van der Waals surface area contributed by atoms with Crippen molar-refractivity contribution in [2.75, 3.05) is 6.61 Å². The summed E-state index contributed by atoms with van der Waals surface area (Å²) >= 11 is 0. The SMILES string of the molecule is Cc1cc(CCO)c(C(=O)[O-])cn1.[Na+]. The average Bonchev–Trinajstić information content (AvgIpc) is 2.04. The number of aromatic nitrogens is 1. The molecule has 0 aliphatic heterocycles. The van der Waals surface area contributed by atoms with Gasteiger partial charge in [-0.25, -0.2) is 0 Å². The molecule has 4 nitrogen and oxygen atoms in total. The molecule has 0 radical (unpaired) electrons. The van der Waals surface area contributed by atoms with Gasteiger partial charge in [0.05, 0.1) is 5.97 Å². The number of carbonyl (C=O) groups excluding carboxylic acids is 1. The predicted molar refractivity (Wildman–Crippen MR) is 44.1 cm³/mol. The summed E-state index contributed by atoms with van der Waals surface area (Å²) in [6.07, 6.45) is 1.57. The Kier molecular flexibility index (Phi) is 5.95. The van der Waals surface area contributed by atoms with Crippen molar-refractivity contribution < 1.29 is 44.6 Å². The maximum Gasteiger partial charge on any atom is 1.00 e. The first-order chi connectivity index (χ1) is 6.15. The van der Waals surface area contributed by atoms with Crippen molar-refractivity contribution in [3.05, 3.63) is 29.1 Å². The maximum absolute atomic E-state index is 10.6. The average molecular weight is 203 g/mol. The van der Waals surface area contributed by atoms with Crippen LogP contribution >= 0.6 is 0 Å². The zero-order valence-electron chi connectivity index (χ0n) is 8.28. The van der Waals surface area contributed by atoms with Crippen molar-refractivity contribution in [1.29, 1.82) is 0 Å². The summed E-state index contributed by atoms with van der Waals surface area (Å²) in [5.74, 6) is -1.25. The Bertz CT molecular complexity index is 328. The Morgan fingerprint density at radius 2 is 2.29 bits per heavy atom. The predicted octanol–water partition coefficient (Wildman–Crippen LogP) is -3.71. The molecule has 0 aliphatic rings. The molecule has 1 N–H and O–H groups in total. The number of carboxylic acid groups (broad SMARTS) is 1. The van der Waals surface area contributed by atoms with Crippen molar-refractivity contribution in [3.63, 3.8) is 0 Å². The third kappa shape index (κ3) is 3.38. The summed E-state index contributed by atoms with van der Waals surface area (Å²) in [5.41, 5.74) is 1.35. The number of rotatable bonds is 3. The maximum atomic E-state index is 10.6. The Hall–Kier alpha value is -0.420. The van der Waals surface area contributed by atoms with E-state index in [-0.39, 0.29) is 41.7 Å². The summed E-state index contributed by atoms with van der Waals surface area (Å²) in [4.78, 5) is 14.4. The first kappa shape index (κ1) is 13.6. The van der Waals surface area contributed by atoms with Crippen molar-refractivity contribution >= 4 is 5.97 Å². The van der Waals surface area contributed by atoms with Crippen LogP contribution in [0.5, 0.6) is 0 Å². The van der Waals surface area contributed by atoms with E-state index in [0.29, 0.717) is 12.0 Å². The standard InChI is InChI=1S/C9H11NO3.Na/c1-6-4-7(2-3-11)8(5-10-6)9(12)13;/h4-5,11H,2-3H2,1H3,(H,12,13);/q;+1/p-1. The minimum atomic E-state index is -1.25. The zero-order valence-corrected chi connectivity index (χ0v) is 10.3. The summed E-state index contributed by atoms with van der Waals surface area (Å²) in [6, 6.07) is 1.64. The van der Waals surface area contributed by atoms with Crippen LogP contribution in [-0.4, -0.2) is 22.7 Å². The fraction of sp³-hybridized carbons (Fsp3) is 0.333. The number of carbonyl (C=O) groups is 1. The summed E-state index contributed by atoms with van der Waals surface area (Å²) in [7, 11) is 0. The molecule has 70 valence electrons. The van der Waals surface area contributed by atoms with Crippen LogP contribution in [0.15, 0.2) is 12.3 Å². The van der Waals surface area contributed by atoms with Gasteiger partial charge in [0.15, 0.2) is 0 Å². The second-order valence-corrected chi connectivity index (χ2v) is 2.74. The van der Waals surface area contributed by atoms with Gasteiger partial charge >= 0.3 is 29.6 Å². The van der Waals surface area contributed by atoms with E-state index in [1.807, 2.05) is 0 Å². The number of carboxylic acids is 1. The van der Waals surface area contributed by atoms with Gasteiger partial charge in [-0.3, -0.25) is 4.98 Å². The molecule has 1 heterocycles. The molecule has 0 aromatic carbocycles. The van der Waals surface area contributed by atoms with Crippen LogP contribution in [0.4, 0.5) is 0 Å². The number of aryl methyl sites for hydroxylation is 1. The molecule has 0 unspecified atom stereocenters. The Morgan fingerprint density at radius 3 is 2.79 bits per heavy atom. The van der Waals surface area contributed by atoms with Gasteiger partial charge in [0.1, 0.15) is 0 Å². The van der Waals surface area contributed by atoms with E-state index in [1.54, 1.807) is 13.0 Å². The zero-order chi connectivity index (χ0) is 9.84. The van der Waals surface area contributed by atoms with E-state index in [2.05, 4.69) is 4.98 Å². The first-order valence-corrected chi connectivity index (χ1v) is 3.93. The molecule has 1 aromatic heterocycles. The number of hydrogen-bond donors (Lipinski definition) is 1. The van der Waals surface area contributed by atoms with E-state index < -0.39 is 5.97 Å². The summed E-state index contributed by atoms with van der Waals surface area (Å²) < 4.78 is 0. The Morgan fingerprint density at radius 1 is 1.64 bits per heavy atom. The third-order valence-corrected chi connectivity index (χ3v) is 1.73. The molecular weight excluding hydrogens is 193 g/mol. The second-order valence-electron chi connectivity index (χ2n) is 2.74. The van der Waals surface area contributed by atoms with Crippen LogP contribution < -0.4 is 34.7 Å². The minimum Gasteiger partial charge on any atom is -0.545 e. The van der Waals surface area contributed by atoms with E-state index in [9.17, 15) is 9.90 Å². The molecule has 1 rings (SSSR count). The fourth-order valence-electron chi connectivity index (χ4n) is 1.13. The number of aliphatic hydroxyl groups excluding tert-OH is 1. The number of nitrogens with zero attached hydrogens (tertiary/aromatic N) is 1. The van der Waals surface area contributed by atoms with Gasteiger partial charge in [0, 0.05) is 24.1 Å². The van der Waals surface area contributed by atoms with Gasteiger partial charge in [0.25, 0.3) is 0 Å². The van der Waals surface area contributed by atoms with Gasteiger partial charge in [0.2, 0.25) is 0 Å². The largest absolute Gasteiger partial charge is 1.00 e. The molecule has 0 aliphatic carbocycles. The molecule has 0 amide bonds. The number of aliphatic hydroxyl groups is 1. The number of aromatic carboxylic acids is 1. The molecule has 0 saturated carbocycles. The molecule has 0 fully saturated rings. The van der Waals surface area contributed by atoms with Gasteiger partial charge in [-0.05, 0) is 25.0 Å². The quantitative estimate of drug-likeness (QED) is 0.513. The topological polar surface area (TPSA) is 73.2 Å². The molecular formula is C9H10NNaO3. The summed E-state index contributed by atoms with van der Waals surface area (Å²) in [5, 5.41) is 19.3. The van der Waals surface area contributed by atoms with E-state index in [4.69, 9.17) is 5.11 Å². The van der Waals surface area contributed by atoms with Crippen molar-refractivity contribution in [1.82, 2.24) is 4.98 Å². The molecule has 1 aromatic rings. The van der Waals surface area contributed by atoms with Crippen LogP contribution in [0.2, 0.25) is 0 Å². The van der Waals surface area contributed by atoms with Crippen molar-refractivity contribution in [2.45, 2.75) is 13.3 Å². The van der Waals surface area contributed by atoms with Crippen molar-refractivity contribution in [2.24, 2.45) is 0 Å². The van der Waals surface area contributed by atoms with Crippen LogP contribution in [0, 0.1) is 6.92 Å². The fourth-order valence-corrected chi connectivity index (χ4v) is 1.13. The minimum absolute atomic E-state index is 0. The third-order valence-electron chi connectivity index (χ3n) is 1.73. The Labute approximate surface area is 104 Å². The smallest absolute Gasteiger partial charge is 0.545 e. The first-order valence-electron chi connectivity index (χ1n) is 3.93. The molecule has 0 atom stereocenters. The molecule has 0 spiro atoms. The van der Waals surface area contributed by atoms with E-state index in [1.165, 1.54) is 6.20 Å². The van der Waals surface area contributed by atoms with Gasteiger partial charge < -0.3 is 15.0 Å². The van der Waals surface area contributed by atoms with E-state index >= 15 is 0 Å². The second kappa shape index (κ2) is 6.14.